The maximum absolute atomic E-state index is 11.8. The topological polar surface area (TPSA) is 74.3 Å². The van der Waals surface area contributed by atoms with Crippen molar-refractivity contribution in [3.63, 3.8) is 0 Å². The molecule has 1 rings (SSSR count). The first-order valence-electron chi connectivity index (χ1n) is 6.96. The summed E-state index contributed by atoms with van der Waals surface area (Å²) in [6.45, 7) is 5.47. The zero-order chi connectivity index (χ0) is 16.6. The van der Waals surface area contributed by atoms with Gasteiger partial charge in [0.05, 0.1) is 13.2 Å². The number of allylic oxidation sites excluding steroid dienone is 2. The van der Waals surface area contributed by atoms with E-state index in [4.69, 9.17) is 18.9 Å². The SMILES string of the molecule is COCCN(C=CC=C1C(=O)OC(C)(C)OC1=O)CCOC. The maximum atomic E-state index is 11.8. The molecule has 0 spiro atoms. The summed E-state index contributed by atoms with van der Waals surface area (Å²) < 4.78 is 20.1. The third kappa shape index (κ3) is 5.87. The van der Waals surface area contributed by atoms with E-state index in [1.807, 2.05) is 4.90 Å². The highest BCUT2D eigenvalue weighted by Crippen LogP contribution is 2.22. The zero-order valence-corrected chi connectivity index (χ0v) is 13.5. The van der Waals surface area contributed by atoms with E-state index in [0.29, 0.717) is 26.3 Å². The second-order valence-corrected chi connectivity index (χ2v) is 5.12. The van der Waals surface area contributed by atoms with E-state index in [9.17, 15) is 9.59 Å². The molecule has 22 heavy (non-hydrogen) atoms. The molecule has 1 aliphatic heterocycles. The van der Waals surface area contributed by atoms with Crippen LogP contribution >= 0.6 is 0 Å². The van der Waals surface area contributed by atoms with Crippen LogP contribution in [-0.4, -0.2) is 63.1 Å². The average Bonchev–Trinajstić information content (AvgIpc) is 2.42. The minimum absolute atomic E-state index is 0.131. The van der Waals surface area contributed by atoms with Gasteiger partial charge < -0.3 is 23.8 Å². The summed E-state index contributed by atoms with van der Waals surface area (Å²) in [6, 6.07) is 0. The number of carbonyl (C=O) groups is 2. The lowest BCUT2D eigenvalue weighted by atomic mass is 10.2. The van der Waals surface area contributed by atoms with Crippen molar-refractivity contribution in [3.8, 4) is 0 Å². The molecule has 1 heterocycles. The Morgan fingerprint density at radius 3 is 2.00 bits per heavy atom. The van der Waals surface area contributed by atoms with Gasteiger partial charge in [0, 0.05) is 41.2 Å². The smallest absolute Gasteiger partial charge is 0.348 e. The van der Waals surface area contributed by atoms with E-state index < -0.39 is 17.7 Å². The fourth-order valence-corrected chi connectivity index (χ4v) is 1.74. The molecule has 0 radical (unpaired) electrons. The zero-order valence-electron chi connectivity index (χ0n) is 13.5. The monoisotopic (exact) mass is 313 g/mol. The van der Waals surface area contributed by atoms with Gasteiger partial charge in [-0.25, -0.2) is 9.59 Å². The van der Waals surface area contributed by atoms with Gasteiger partial charge in [-0.3, -0.25) is 0 Å². The Morgan fingerprint density at radius 2 is 1.55 bits per heavy atom. The van der Waals surface area contributed by atoms with Gasteiger partial charge in [-0.15, -0.1) is 0 Å². The van der Waals surface area contributed by atoms with E-state index in [-0.39, 0.29) is 5.57 Å². The molecule has 0 unspecified atom stereocenters. The Balaban J connectivity index is 2.70. The highest BCUT2D eigenvalue weighted by molar-refractivity contribution is 6.15. The van der Waals surface area contributed by atoms with Gasteiger partial charge in [0.2, 0.25) is 0 Å². The van der Waals surface area contributed by atoms with Crippen LogP contribution in [0.15, 0.2) is 23.9 Å². The minimum Gasteiger partial charge on any atom is -0.419 e. The minimum atomic E-state index is -1.22. The lowest BCUT2D eigenvalue weighted by molar-refractivity contribution is -0.222. The van der Waals surface area contributed by atoms with Crippen LogP contribution in [0.4, 0.5) is 0 Å². The third-order valence-electron chi connectivity index (χ3n) is 2.84. The molecule has 0 aromatic heterocycles. The van der Waals surface area contributed by atoms with E-state index >= 15 is 0 Å². The molecule has 0 amide bonds. The van der Waals surface area contributed by atoms with Crippen LogP contribution < -0.4 is 0 Å². The molecule has 0 atom stereocenters. The first-order chi connectivity index (χ1) is 10.4. The van der Waals surface area contributed by atoms with Crippen LogP contribution in [0.2, 0.25) is 0 Å². The first kappa shape index (κ1) is 18.2. The van der Waals surface area contributed by atoms with Crippen molar-refractivity contribution in [2.75, 3.05) is 40.5 Å². The maximum Gasteiger partial charge on any atom is 0.348 e. The van der Waals surface area contributed by atoms with E-state index in [1.54, 1.807) is 26.5 Å². The molecule has 1 fully saturated rings. The number of esters is 2. The first-order valence-corrected chi connectivity index (χ1v) is 6.96. The lowest BCUT2D eigenvalue weighted by Crippen LogP contribution is -2.41. The fraction of sp³-hybridized carbons (Fsp3) is 0.600. The van der Waals surface area contributed by atoms with Crippen LogP contribution in [0.5, 0.6) is 0 Å². The summed E-state index contributed by atoms with van der Waals surface area (Å²) in [4.78, 5) is 25.5. The molecular weight excluding hydrogens is 290 g/mol. The van der Waals surface area contributed by atoms with Gasteiger partial charge >= 0.3 is 11.9 Å². The van der Waals surface area contributed by atoms with E-state index in [2.05, 4.69) is 0 Å². The van der Waals surface area contributed by atoms with Crippen LogP contribution in [0.3, 0.4) is 0 Å². The molecule has 0 aromatic carbocycles. The van der Waals surface area contributed by atoms with E-state index in [0.717, 1.165) is 0 Å². The van der Waals surface area contributed by atoms with Crippen molar-refractivity contribution in [1.82, 2.24) is 4.90 Å². The summed E-state index contributed by atoms with van der Waals surface area (Å²) in [5, 5.41) is 0. The normalized spacial score (nSPS) is 17.4. The lowest BCUT2D eigenvalue weighted by Gasteiger charge is -2.29. The van der Waals surface area contributed by atoms with Crippen LogP contribution in [0.25, 0.3) is 0 Å². The van der Waals surface area contributed by atoms with Gasteiger partial charge in [0.1, 0.15) is 5.57 Å². The fourth-order valence-electron chi connectivity index (χ4n) is 1.74. The third-order valence-corrected chi connectivity index (χ3v) is 2.84. The quantitative estimate of drug-likeness (QED) is 0.374. The van der Waals surface area contributed by atoms with Crippen molar-refractivity contribution < 1.29 is 28.5 Å². The number of cyclic esters (lactones) is 2. The summed E-state index contributed by atoms with van der Waals surface area (Å²) in [6.07, 6.45) is 4.74. The molecule has 0 aliphatic carbocycles. The molecule has 7 nitrogen and oxygen atoms in total. The van der Waals surface area contributed by atoms with Gasteiger partial charge in [-0.2, -0.15) is 0 Å². The van der Waals surface area contributed by atoms with Crippen molar-refractivity contribution >= 4 is 11.9 Å². The molecule has 1 aliphatic rings. The van der Waals surface area contributed by atoms with Crippen molar-refractivity contribution in [2.24, 2.45) is 0 Å². The molecule has 7 heteroatoms. The highest BCUT2D eigenvalue weighted by atomic mass is 16.7. The Kier molecular flexibility index (Phi) is 7.07. The summed E-state index contributed by atoms with van der Waals surface area (Å²) in [7, 11) is 3.24. The Morgan fingerprint density at radius 1 is 1.05 bits per heavy atom. The summed E-state index contributed by atoms with van der Waals surface area (Å²) in [5.74, 6) is -2.60. The number of hydrogen-bond donors (Lipinski definition) is 0. The van der Waals surface area contributed by atoms with Gasteiger partial charge in [0.25, 0.3) is 5.79 Å². The number of ether oxygens (including phenoxy) is 4. The molecule has 0 aromatic rings. The second-order valence-electron chi connectivity index (χ2n) is 5.12. The Hall–Kier alpha value is -1.86. The predicted octanol–water partition coefficient (Wildman–Crippen LogP) is 0.857. The molecular formula is C15H23NO6. The van der Waals surface area contributed by atoms with Crippen LogP contribution in [0.1, 0.15) is 13.8 Å². The van der Waals surface area contributed by atoms with Crippen molar-refractivity contribution in [3.05, 3.63) is 23.9 Å². The van der Waals surface area contributed by atoms with Crippen LogP contribution in [0, 0.1) is 0 Å². The number of hydrogen-bond acceptors (Lipinski definition) is 7. The Labute approximate surface area is 130 Å². The summed E-state index contributed by atoms with van der Waals surface area (Å²) in [5.41, 5.74) is -0.131. The second kappa shape index (κ2) is 8.55. The van der Waals surface area contributed by atoms with Crippen molar-refractivity contribution in [2.45, 2.75) is 19.6 Å². The largest absolute Gasteiger partial charge is 0.419 e. The Bertz CT molecular complexity index is 425. The molecule has 124 valence electrons. The predicted molar refractivity (Wildman–Crippen MR) is 78.8 cm³/mol. The molecule has 1 saturated heterocycles. The van der Waals surface area contributed by atoms with Gasteiger partial charge in [0.15, 0.2) is 0 Å². The van der Waals surface area contributed by atoms with Gasteiger partial charge in [-0.1, -0.05) is 0 Å². The molecule has 0 saturated carbocycles. The van der Waals surface area contributed by atoms with Crippen LogP contribution in [-0.2, 0) is 28.5 Å². The number of methoxy groups -OCH3 is 2. The van der Waals surface area contributed by atoms with Crippen molar-refractivity contribution in [1.29, 1.82) is 0 Å². The highest BCUT2D eigenvalue weighted by Gasteiger charge is 2.38. The number of rotatable bonds is 8. The number of nitrogens with zero attached hydrogens (tertiary/aromatic N) is 1. The molecule has 0 bridgehead atoms. The average molecular weight is 313 g/mol. The summed E-state index contributed by atoms with van der Waals surface area (Å²) >= 11 is 0. The molecule has 0 N–H and O–H groups in total. The van der Waals surface area contributed by atoms with E-state index in [1.165, 1.54) is 19.9 Å². The number of carbonyl (C=O) groups excluding carboxylic acids is 2. The standard InChI is InChI=1S/C15H23NO6/c1-15(2)21-13(17)12(14(18)22-15)6-5-7-16(8-10-19-3)9-11-20-4/h5-7H,8-11H2,1-4H3. The van der Waals surface area contributed by atoms with Gasteiger partial charge in [-0.05, 0) is 18.4 Å².